The molecule has 1 spiro atoms. The number of ether oxygens (including phenoxy) is 3. The van der Waals surface area contributed by atoms with Crippen LogP contribution in [0.3, 0.4) is 0 Å². The fourth-order valence-electron chi connectivity index (χ4n) is 4.46. The Morgan fingerprint density at radius 2 is 1.79 bits per heavy atom. The molecule has 2 heterocycles. The molecular weight excluding hydrogens is 372 g/mol. The van der Waals surface area contributed by atoms with Crippen molar-refractivity contribution in [3.63, 3.8) is 0 Å². The molecule has 0 aromatic heterocycles. The summed E-state index contributed by atoms with van der Waals surface area (Å²) in [6.45, 7) is 6.60. The normalized spacial score (nSPS) is 21.4. The van der Waals surface area contributed by atoms with Crippen molar-refractivity contribution in [1.82, 2.24) is 9.80 Å². The average molecular weight is 405 g/mol. The number of amides is 2. The lowest BCUT2D eigenvalue weighted by molar-refractivity contribution is -0.155. The molecule has 1 aromatic rings. The number of carbonyl (C=O) groups excluding carboxylic acids is 2. The molecule has 0 aliphatic carbocycles. The molecular formula is C22H32N2O5. The average Bonchev–Trinajstić information content (AvgIpc) is 2.73. The zero-order chi connectivity index (χ0) is 21.0. The quantitative estimate of drug-likeness (QED) is 0.729. The molecule has 1 atom stereocenters. The molecule has 29 heavy (non-hydrogen) atoms. The largest absolute Gasteiger partial charge is 0.490 e. The molecule has 0 radical (unpaired) electrons. The second-order valence-electron chi connectivity index (χ2n) is 7.85. The SMILES string of the molecule is CCOc1ccc(C(=O)N2CCC3(CC2)CC(OC)CN(C)C3=O)cc1OCC. The van der Waals surface area contributed by atoms with E-state index >= 15 is 0 Å². The first-order valence-corrected chi connectivity index (χ1v) is 10.4. The first-order chi connectivity index (χ1) is 13.9. The van der Waals surface area contributed by atoms with Gasteiger partial charge < -0.3 is 24.0 Å². The van der Waals surface area contributed by atoms with Gasteiger partial charge in [0.2, 0.25) is 5.91 Å². The predicted molar refractivity (Wildman–Crippen MR) is 109 cm³/mol. The molecule has 7 heteroatoms. The number of benzene rings is 1. The first kappa shape index (κ1) is 21.4. The van der Waals surface area contributed by atoms with Gasteiger partial charge in [0, 0.05) is 39.4 Å². The number of hydrogen-bond acceptors (Lipinski definition) is 5. The van der Waals surface area contributed by atoms with Gasteiger partial charge >= 0.3 is 0 Å². The standard InChI is InChI=1S/C22H32N2O5/c1-5-28-18-8-7-16(13-19(18)29-6-2)20(25)24-11-9-22(10-12-24)14-17(27-4)15-23(3)21(22)26/h7-8,13,17H,5-6,9-12,14-15H2,1-4H3. The minimum Gasteiger partial charge on any atom is -0.490 e. The molecule has 2 aliphatic rings. The van der Waals surface area contributed by atoms with Gasteiger partial charge in [0.15, 0.2) is 11.5 Å². The number of methoxy groups -OCH3 is 1. The Bertz CT molecular complexity index is 743. The third kappa shape index (κ3) is 4.34. The monoisotopic (exact) mass is 404 g/mol. The number of rotatable bonds is 6. The molecule has 2 saturated heterocycles. The van der Waals surface area contributed by atoms with Crippen molar-refractivity contribution in [3.8, 4) is 11.5 Å². The second kappa shape index (κ2) is 9.03. The lowest BCUT2D eigenvalue weighted by atomic mass is 9.71. The molecule has 0 N–H and O–H groups in total. The molecule has 0 saturated carbocycles. The zero-order valence-electron chi connectivity index (χ0n) is 17.9. The number of likely N-dealkylation sites (N-methyl/N-ethyl adjacent to an activating group) is 1. The van der Waals surface area contributed by atoms with E-state index in [1.54, 1.807) is 30.2 Å². The highest BCUT2D eigenvalue weighted by atomic mass is 16.5. The topological polar surface area (TPSA) is 68.3 Å². The van der Waals surface area contributed by atoms with Gasteiger partial charge in [-0.2, -0.15) is 0 Å². The highest BCUT2D eigenvalue weighted by molar-refractivity contribution is 5.95. The molecule has 3 rings (SSSR count). The number of carbonyl (C=O) groups is 2. The Morgan fingerprint density at radius 1 is 1.14 bits per heavy atom. The van der Waals surface area contributed by atoms with Crippen LogP contribution in [0, 0.1) is 5.41 Å². The van der Waals surface area contributed by atoms with Crippen LogP contribution in [0.5, 0.6) is 11.5 Å². The van der Waals surface area contributed by atoms with E-state index in [1.807, 2.05) is 25.8 Å². The van der Waals surface area contributed by atoms with Crippen molar-refractivity contribution < 1.29 is 23.8 Å². The fraction of sp³-hybridized carbons (Fsp3) is 0.636. The smallest absolute Gasteiger partial charge is 0.253 e. The fourth-order valence-corrected chi connectivity index (χ4v) is 4.46. The van der Waals surface area contributed by atoms with E-state index in [0.29, 0.717) is 62.8 Å². The van der Waals surface area contributed by atoms with Gasteiger partial charge in [-0.05, 0) is 51.3 Å². The maximum absolute atomic E-state index is 13.1. The molecule has 1 unspecified atom stereocenters. The summed E-state index contributed by atoms with van der Waals surface area (Å²) >= 11 is 0. The Morgan fingerprint density at radius 3 is 2.41 bits per heavy atom. The van der Waals surface area contributed by atoms with Crippen LogP contribution in [-0.4, -0.2) is 74.7 Å². The number of hydrogen-bond donors (Lipinski definition) is 0. The van der Waals surface area contributed by atoms with Crippen LogP contribution in [0.15, 0.2) is 18.2 Å². The molecule has 2 aliphatic heterocycles. The van der Waals surface area contributed by atoms with Crippen molar-refractivity contribution in [2.24, 2.45) is 5.41 Å². The van der Waals surface area contributed by atoms with Gasteiger partial charge in [-0.1, -0.05) is 0 Å². The zero-order valence-corrected chi connectivity index (χ0v) is 17.9. The van der Waals surface area contributed by atoms with E-state index in [-0.39, 0.29) is 17.9 Å². The van der Waals surface area contributed by atoms with E-state index in [0.717, 1.165) is 6.42 Å². The van der Waals surface area contributed by atoms with E-state index in [4.69, 9.17) is 14.2 Å². The Kier molecular flexibility index (Phi) is 6.67. The molecule has 7 nitrogen and oxygen atoms in total. The predicted octanol–water partition coefficient (Wildman–Crippen LogP) is 2.58. The van der Waals surface area contributed by atoms with Crippen molar-refractivity contribution >= 4 is 11.8 Å². The Hall–Kier alpha value is -2.28. The molecule has 0 bridgehead atoms. The minimum atomic E-state index is -0.417. The molecule has 2 fully saturated rings. The van der Waals surface area contributed by atoms with Crippen LogP contribution >= 0.6 is 0 Å². The second-order valence-corrected chi connectivity index (χ2v) is 7.85. The maximum Gasteiger partial charge on any atom is 0.253 e. The maximum atomic E-state index is 13.1. The lowest BCUT2D eigenvalue weighted by Crippen LogP contribution is -2.57. The summed E-state index contributed by atoms with van der Waals surface area (Å²) in [6.07, 6.45) is 2.11. The Labute approximate surface area is 172 Å². The third-order valence-corrected chi connectivity index (χ3v) is 6.03. The van der Waals surface area contributed by atoms with E-state index in [2.05, 4.69) is 0 Å². The summed E-state index contributed by atoms with van der Waals surface area (Å²) in [5.74, 6) is 1.37. The summed E-state index contributed by atoms with van der Waals surface area (Å²) in [6, 6.07) is 5.32. The van der Waals surface area contributed by atoms with Gasteiger partial charge in [0.1, 0.15) is 0 Å². The van der Waals surface area contributed by atoms with Crippen molar-refractivity contribution in [2.45, 2.75) is 39.2 Å². The Balaban J connectivity index is 1.71. The summed E-state index contributed by atoms with van der Waals surface area (Å²) in [4.78, 5) is 29.5. The van der Waals surface area contributed by atoms with E-state index in [9.17, 15) is 9.59 Å². The highest BCUT2D eigenvalue weighted by Gasteiger charge is 2.48. The minimum absolute atomic E-state index is 0.0382. The lowest BCUT2D eigenvalue weighted by Gasteiger charge is -2.47. The van der Waals surface area contributed by atoms with Crippen molar-refractivity contribution in [3.05, 3.63) is 23.8 Å². The molecule has 2 amide bonds. The third-order valence-electron chi connectivity index (χ3n) is 6.03. The van der Waals surface area contributed by atoms with Gasteiger partial charge in [0.05, 0.1) is 24.7 Å². The van der Waals surface area contributed by atoms with E-state index in [1.165, 1.54) is 0 Å². The van der Waals surface area contributed by atoms with Gasteiger partial charge in [0.25, 0.3) is 5.91 Å². The van der Waals surface area contributed by atoms with Crippen molar-refractivity contribution in [1.29, 1.82) is 0 Å². The van der Waals surface area contributed by atoms with Crippen LogP contribution < -0.4 is 9.47 Å². The first-order valence-electron chi connectivity index (χ1n) is 10.4. The summed E-state index contributed by atoms with van der Waals surface area (Å²) in [7, 11) is 3.53. The number of nitrogens with zero attached hydrogens (tertiary/aromatic N) is 2. The van der Waals surface area contributed by atoms with Gasteiger partial charge in [-0.15, -0.1) is 0 Å². The van der Waals surface area contributed by atoms with E-state index < -0.39 is 5.41 Å². The highest BCUT2D eigenvalue weighted by Crippen LogP contribution is 2.41. The summed E-state index contributed by atoms with van der Waals surface area (Å²) < 4.78 is 16.8. The number of piperidine rings is 2. The van der Waals surface area contributed by atoms with Crippen LogP contribution in [0.4, 0.5) is 0 Å². The molecule has 1 aromatic carbocycles. The van der Waals surface area contributed by atoms with Gasteiger partial charge in [-0.25, -0.2) is 0 Å². The van der Waals surface area contributed by atoms with Crippen LogP contribution in [-0.2, 0) is 9.53 Å². The summed E-state index contributed by atoms with van der Waals surface area (Å²) in [5.41, 5.74) is 0.162. The molecule has 160 valence electrons. The van der Waals surface area contributed by atoms with Crippen LogP contribution in [0.25, 0.3) is 0 Å². The van der Waals surface area contributed by atoms with Crippen LogP contribution in [0.2, 0.25) is 0 Å². The van der Waals surface area contributed by atoms with Crippen LogP contribution in [0.1, 0.15) is 43.5 Å². The number of likely N-dealkylation sites (tertiary alicyclic amines) is 2. The van der Waals surface area contributed by atoms with Crippen molar-refractivity contribution in [2.75, 3.05) is 47.0 Å². The van der Waals surface area contributed by atoms with Gasteiger partial charge in [-0.3, -0.25) is 9.59 Å². The summed E-state index contributed by atoms with van der Waals surface area (Å²) in [5, 5.41) is 0.